The molecule has 122 valence electrons. The Bertz CT molecular complexity index is 699. The molecule has 5 nitrogen and oxygen atoms in total. The van der Waals surface area contributed by atoms with Crippen LogP contribution in [0.15, 0.2) is 12.1 Å². The highest BCUT2D eigenvalue weighted by Crippen LogP contribution is 2.65. The second-order valence-corrected chi connectivity index (χ2v) is 7.65. The van der Waals surface area contributed by atoms with Gasteiger partial charge in [0.1, 0.15) is 0 Å². The monoisotopic (exact) mass is 315 g/mol. The van der Waals surface area contributed by atoms with Crippen LogP contribution in [0.2, 0.25) is 0 Å². The van der Waals surface area contributed by atoms with Gasteiger partial charge < -0.3 is 24.6 Å². The first-order valence-corrected chi connectivity index (χ1v) is 8.78. The maximum Gasteiger partial charge on any atom is 0.206 e. The maximum atomic E-state index is 10.4. The highest BCUT2D eigenvalue weighted by molar-refractivity contribution is 5.61. The van der Waals surface area contributed by atoms with Gasteiger partial charge in [0, 0.05) is 23.4 Å². The zero-order chi connectivity index (χ0) is 15.2. The number of hydrogen-bond donors (Lipinski definition) is 2. The standard InChI is InChI=1S/C18H21NO4/c20-13-2-1-10-9-12-11-3-4-18(21-7-8-22-18)16-17(11,5-6-19-12)14(10)15(13)23-16/h1-2,11-12,16,19-20H,3-9H2/t11?,12?,16?,17-/m0/s1. The van der Waals surface area contributed by atoms with E-state index in [1.165, 1.54) is 11.1 Å². The summed E-state index contributed by atoms with van der Waals surface area (Å²) in [5, 5.41) is 14.1. The van der Waals surface area contributed by atoms with Gasteiger partial charge >= 0.3 is 0 Å². The van der Waals surface area contributed by atoms with Gasteiger partial charge in [-0.05, 0) is 43.4 Å². The van der Waals surface area contributed by atoms with Crippen LogP contribution in [0.3, 0.4) is 0 Å². The maximum absolute atomic E-state index is 10.4. The normalized spacial score (nSPS) is 41.7. The second-order valence-electron chi connectivity index (χ2n) is 7.65. The van der Waals surface area contributed by atoms with Crippen molar-refractivity contribution >= 4 is 0 Å². The van der Waals surface area contributed by atoms with Crippen molar-refractivity contribution in [2.75, 3.05) is 19.8 Å². The second kappa shape index (κ2) is 4.02. The first-order chi connectivity index (χ1) is 11.2. The summed E-state index contributed by atoms with van der Waals surface area (Å²) in [6.07, 6.45) is 3.89. The minimum atomic E-state index is -0.627. The van der Waals surface area contributed by atoms with Crippen molar-refractivity contribution < 1.29 is 19.3 Å². The minimum absolute atomic E-state index is 0.0693. The zero-order valence-electron chi connectivity index (χ0n) is 13.0. The van der Waals surface area contributed by atoms with Crippen molar-refractivity contribution in [3.8, 4) is 11.5 Å². The predicted molar refractivity (Wildman–Crippen MR) is 81.7 cm³/mol. The summed E-state index contributed by atoms with van der Waals surface area (Å²) in [6.45, 7) is 2.26. The van der Waals surface area contributed by atoms with Gasteiger partial charge in [0.2, 0.25) is 5.79 Å². The summed E-state index contributed by atoms with van der Waals surface area (Å²) >= 11 is 0. The van der Waals surface area contributed by atoms with Crippen LogP contribution in [0.5, 0.6) is 11.5 Å². The van der Waals surface area contributed by atoms with E-state index in [9.17, 15) is 5.11 Å². The molecular weight excluding hydrogens is 294 g/mol. The van der Waals surface area contributed by atoms with Gasteiger partial charge in [-0.2, -0.15) is 0 Å². The number of ether oxygens (including phenoxy) is 3. The number of hydrogen-bond acceptors (Lipinski definition) is 5. The Hall–Kier alpha value is -1.30. The lowest BCUT2D eigenvalue weighted by Gasteiger charge is -2.58. The largest absolute Gasteiger partial charge is 0.504 e. The fourth-order valence-corrected chi connectivity index (χ4v) is 6.20. The lowest BCUT2D eigenvalue weighted by atomic mass is 9.51. The van der Waals surface area contributed by atoms with Gasteiger partial charge in [-0.25, -0.2) is 0 Å². The number of phenolic OH excluding ortho intramolecular Hbond substituents is 1. The van der Waals surface area contributed by atoms with Crippen LogP contribution in [0.1, 0.15) is 30.4 Å². The van der Waals surface area contributed by atoms with E-state index in [1.807, 2.05) is 0 Å². The van der Waals surface area contributed by atoms with Crippen molar-refractivity contribution in [3.05, 3.63) is 23.3 Å². The molecule has 3 aliphatic heterocycles. The quantitative estimate of drug-likeness (QED) is 0.759. The number of benzene rings is 1. The molecule has 4 atom stereocenters. The molecule has 3 unspecified atom stereocenters. The van der Waals surface area contributed by atoms with Gasteiger partial charge in [-0.3, -0.25) is 0 Å². The summed E-state index contributed by atoms with van der Waals surface area (Å²) in [5.41, 5.74) is 2.51. The topological polar surface area (TPSA) is 60.0 Å². The van der Waals surface area contributed by atoms with Crippen LogP contribution < -0.4 is 10.1 Å². The van der Waals surface area contributed by atoms with Crippen molar-refractivity contribution in [1.82, 2.24) is 5.32 Å². The Kier molecular flexibility index (Phi) is 2.28. The molecule has 5 aliphatic rings. The van der Waals surface area contributed by atoms with E-state index >= 15 is 0 Å². The van der Waals surface area contributed by atoms with Gasteiger partial charge in [-0.1, -0.05) is 6.07 Å². The molecule has 1 aromatic rings. The molecule has 2 aliphatic carbocycles. The third-order valence-electron chi connectivity index (χ3n) is 6.90. The number of aromatic hydroxyl groups is 1. The number of nitrogens with one attached hydrogen (secondary N) is 1. The van der Waals surface area contributed by atoms with E-state index in [0.29, 0.717) is 30.9 Å². The Balaban J connectivity index is 1.64. The smallest absolute Gasteiger partial charge is 0.206 e. The molecule has 6 rings (SSSR count). The van der Waals surface area contributed by atoms with E-state index in [1.54, 1.807) is 6.07 Å². The zero-order valence-corrected chi connectivity index (χ0v) is 13.0. The first-order valence-electron chi connectivity index (χ1n) is 8.78. The summed E-state index contributed by atoms with van der Waals surface area (Å²) in [6, 6.07) is 4.35. The molecule has 0 radical (unpaired) electrons. The Morgan fingerprint density at radius 2 is 2.04 bits per heavy atom. The summed E-state index contributed by atoms with van der Waals surface area (Å²) in [5.74, 6) is 0.864. The summed E-state index contributed by atoms with van der Waals surface area (Å²) in [7, 11) is 0. The minimum Gasteiger partial charge on any atom is -0.504 e. The third kappa shape index (κ3) is 1.33. The van der Waals surface area contributed by atoms with E-state index < -0.39 is 5.79 Å². The van der Waals surface area contributed by atoms with Crippen LogP contribution in [-0.2, 0) is 21.3 Å². The highest BCUT2D eigenvalue weighted by atomic mass is 16.8. The van der Waals surface area contributed by atoms with Crippen LogP contribution in [0, 0.1) is 5.92 Å². The van der Waals surface area contributed by atoms with E-state index in [-0.39, 0.29) is 17.3 Å². The number of piperidine rings is 1. The number of phenols is 1. The Labute approximate surface area is 134 Å². The molecule has 0 amide bonds. The van der Waals surface area contributed by atoms with Crippen molar-refractivity contribution in [3.63, 3.8) is 0 Å². The van der Waals surface area contributed by atoms with Crippen molar-refractivity contribution in [2.45, 2.75) is 49.0 Å². The van der Waals surface area contributed by atoms with Gasteiger partial charge in [0.25, 0.3) is 0 Å². The van der Waals surface area contributed by atoms with E-state index in [4.69, 9.17) is 14.2 Å². The molecule has 2 bridgehead atoms. The van der Waals surface area contributed by atoms with Crippen LogP contribution in [-0.4, -0.2) is 42.8 Å². The highest BCUT2D eigenvalue weighted by Gasteiger charge is 2.70. The van der Waals surface area contributed by atoms with Crippen LogP contribution >= 0.6 is 0 Å². The van der Waals surface area contributed by atoms with E-state index in [0.717, 1.165) is 32.2 Å². The fraction of sp³-hybridized carbons (Fsp3) is 0.667. The van der Waals surface area contributed by atoms with Gasteiger partial charge in [0.15, 0.2) is 17.6 Å². The van der Waals surface area contributed by atoms with E-state index in [2.05, 4.69) is 11.4 Å². The molecule has 3 fully saturated rings. The molecule has 1 aromatic carbocycles. The lowest BCUT2D eigenvalue weighted by molar-refractivity contribution is -0.256. The number of fused-ring (bicyclic) bond motifs is 1. The molecule has 5 heteroatoms. The SMILES string of the molecule is Oc1ccc2c3c1OC1C4(CCC5C(C2)NCC[C@@]351)OCCO4. The van der Waals surface area contributed by atoms with Crippen molar-refractivity contribution in [2.24, 2.45) is 5.92 Å². The Morgan fingerprint density at radius 1 is 1.17 bits per heavy atom. The van der Waals surface area contributed by atoms with Crippen molar-refractivity contribution in [1.29, 1.82) is 0 Å². The van der Waals surface area contributed by atoms with Crippen LogP contribution in [0.4, 0.5) is 0 Å². The number of rotatable bonds is 0. The Morgan fingerprint density at radius 3 is 2.91 bits per heavy atom. The molecule has 2 N–H and O–H groups in total. The molecule has 0 aromatic heterocycles. The molecule has 3 heterocycles. The summed E-state index contributed by atoms with van der Waals surface area (Å²) < 4.78 is 18.7. The first kappa shape index (κ1) is 13.0. The molecule has 23 heavy (non-hydrogen) atoms. The molecule has 1 saturated carbocycles. The fourth-order valence-electron chi connectivity index (χ4n) is 6.20. The summed E-state index contributed by atoms with van der Waals surface area (Å²) in [4.78, 5) is 0. The molecule has 2 saturated heterocycles. The van der Waals surface area contributed by atoms with Crippen LogP contribution in [0.25, 0.3) is 0 Å². The third-order valence-corrected chi connectivity index (χ3v) is 6.90. The average molecular weight is 315 g/mol. The molecular formula is C18H21NO4. The lowest BCUT2D eigenvalue weighted by Crippen LogP contribution is -2.69. The predicted octanol–water partition coefficient (Wildman–Crippen LogP) is 1.46. The average Bonchev–Trinajstić information content (AvgIpc) is 3.14. The van der Waals surface area contributed by atoms with Gasteiger partial charge in [-0.15, -0.1) is 0 Å². The van der Waals surface area contributed by atoms with Gasteiger partial charge in [0.05, 0.1) is 13.2 Å². The molecule has 2 spiro atoms.